The van der Waals surface area contributed by atoms with E-state index >= 15 is 0 Å². The van der Waals surface area contributed by atoms with Gasteiger partial charge in [-0.15, -0.1) is 0 Å². The minimum Gasteiger partial charge on any atom is -0.497 e. The molecule has 2 atom stereocenters. The van der Waals surface area contributed by atoms with Gasteiger partial charge in [0.1, 0.15) is 46.0 Å². The fraction of sp³-hybridized carbons (Fsp3) is 0.429. The minimum absolute atomic E-state index is 0.115. The van der Waals surface area contributed by atoms with Crippen LogP contribution >= 0.6 is 0 Å². The summed E-state index contributed by atoms with van der Waals surface area (Å²) in [6.07, 6.45) is 3.26. The molecule has 4 aromatic rings. The maximum absolute atomic E-state index is 6.53. The van der Waals surface area contributed by atoms with Gasteiger partial charge < -0.3 is 47.4 Å². The second-order valence-corrected chi connectivity index (χ2v) is 12.5. The van der Waals surface area contributed by atoms with Crippen molar-refractivity contribution in [2.75, 3.05) is 70.1 Å². The van der Waals surface area contributed by atoms with E-state index < -0.39 is 0 Å². The molecule has 4 rings (SSSR count). The summed E-state index contributed by atoms with van der Waals surface area (Å²) >= 11 is 0. The number of hydrogen-bond donors (Lipinski definition) is 0. The van der Waals surface area contributed by atoms with Crippen LogP contribution in [0.25, 0.3) is 0 Å². The molecule has 0 aliphatic carbocycles. The molecule has 0 heterocycles. The summed E-state index contributed by atoms with van der Waals surface area (Å²) in [4.78, 5) is 0. The third-order valence-electron chi connectivity index (χ3n) is 9.04. The zero-order valence-electron chi connectivity index (χ0n) is 31.8. The minimum atomic E-state index is 0.115. The van der Waals surface area contributed by atoms with E-state index in [1.165, 1.54) is 0 Å². The van der Waals surface area contributed by atoms with E-state index in [1.807, 2.05) is 48.5 Å². The molecule has 0 saturated heterocycles. The smallest absolute Gasteiger partial charge is 0.122 e. The van der Waals surface area contributed by atoms with Crippen molar-refractivity contribution in [2.45, 2.75) is 38.9 Å². The van der Waals surface area contributed by atoms with E-state index in [1.54, 1.807) is 56.9 Å². The lowest BCUT2D eigenvalue weighted by molar-refractivity contribution is 0.0578. The second kappa shape index (κ2) is 20.9. The van der Waals surface area contributed by atoms with Crippen LogP contribution < -0.4 is 37.9 Å². The first-order valence-electron chi connectivity index (χ1n) is 17.4. The molecule has 10 nitrogen and oxygen atoms in total. The molecule has 0 saturated carbocycles. The summed E-state index contributed by atoms with van der Waals surface area (Å²) in [5, 5.41) is 0. The largest absolute Gasteiger partial charge is 0.497 e. The summed E-state index contributed by atoms with van der Waals surface area (Å²) < 4.78 is 57.1. The molecule has 0 aliphatic rings. The Morgan fingerprint density at radius 3 is 1.02 bits per heavy atom. The van der Waals surface area contributed by atoms with Crippen molar-refractivity contribution in [3.63, 3.8) is 0 Å². The van der Waals surface area contributed by atoms with Crippen molar-refractivity contribution in [3.05, 3.63) is 95.1 Å². The van der Waals surface area contributed by atoms with Crippen molar-refractivity contribution >= 4 is 0 Å². The Morgan fingerprint density at radius 2 is 0.673 bits per heavy atom. The Bertz CT molecular complexity index is 1580. The van der Waals surface area contributed by atoms with Crippen molar-refractivity contribution in [1.82, 2.24) is 0 Å². The van der Waals surface area contributed by atoms with Gasteiger partial charge in [0, 0.05) is 30.9 Å². The lowest BCUT2D eigenvalue weighted by atomic mass is 9.80. The molecule has 0 bridgehead atoms. The molecule has 4 aromatic carbocycles. The van der Waals surface area contributed by atoms with E-state index in [0.717, 1.165) is 93.9 Å². The summed E-state index contributed by atoms with van der Waals surface area (Å²) in [5.41, 5.74) is 4.18. The van der Waals surface area contributed by atoms with E-state index in [0.29, 0.717) is 26.4 Å². The van der Waals surface area contributed by atoms with Crippen LogP contribution in [0.5, 0.6) is 46.0 Å². The van der Waals surface area contributed by atoms with Gasteiger partial charge in [-0.1, -0.05) is 0 Å². The summed E-state index contributed by atoms with van der Waals surface area (Å²) in [6.45, 7) is 1.95. The third-order valence-corrected chi connectivity index (χ3v) is 9.04. The van der Waals surface area contributed by atoms with Crippen molar-refractivity contribution in [3.8, 4) is 46.0 Å². The molecule has 0 fully saturated rings. The molecule has 0 spiro atoms. The quantitative estimate of drug-likeness (QED) is 0.0703. The van der Waals surface area contributed by atoms with Gasteiger partial charge in [0.25, 0.3) is 0 Å². The molecule has 52 heavy (non-hydrogen) atoms. The molecule has 0 aliphatic heterocycles. The summed E-state index contributed by atoms with van der Waals surface area (Å²) in [7, 11) is 13.3. The molecule has 0 radical (unpaired) electrons. The van der Waals surface area contributed by atoms with E-state index in [4.69, 9.17) is 47.4 Å². The standard InChI is InChI=1S/C42H54O10/c1-43-35-14-29(15-36(22-35)44-2)12-33(10-9-11-51-26-31-18-39(47-5)24-40(19-31)48-6)34(13-30-16-37(45-3)23-38(17-30)46-4)28-52-27-32-20-41(49-7)25-42(21-32)50-8/h14-25,33-34H,9-13,26-28H2,1-8H3/t33-,34+/m0/s1. The molecule has 0 unspecified atom stereocenters. The molecule has 0 amide bonds. The average Bonchev–Trinajstić information content (AvgIpc) is 3.18. The van der Waals surface area contributed by atoms with Crippen LogP contribution in [0.4, 0.5) is 0 Å². The van der Waals surface area contributed by atoms with E-state index in [-0.39, 0.29) is 11.8 Å². The number of ether oxygens (including phenoxy) is 10. The molecular weight excluding hydrogens is 664 g/mol. The monoisotopic (exact) mass is 718 g/mol. The third kappa shape index (κ3) is 12.2. The Labute approximate surface area is 308 Å². The van der Waals surface area contributed by atoms with Crippen LogP contribution in [0.3, 0.4) is 0 Å². The SMILES string of the molecule is COc1cc(COCCC[C@@H](Cc2cc(OC)cc(OC)c2)[C@@H](COCc2cc(OC)cc(OC)c2)Cc2cc(OC)cc(OC)c2)cc(OC)c1. The molecule has 0 aromatic heterocycles. The number of methoxy groups -OCH3 is 8. The van der Waals surface area contributed by atoms with Crippen molar-refractivity contribution < 1.29 is 47.4 Å². The highest BCUT2D eigenvalue weighted by Gasteiger charge is 2.24. The Balaban J connectivity index is 1.60. The van der Waals surface area contributed by atoms with Gasteiger partial charge in [-0.05, 0) is 108 Å². The van der Waals surface area contributed by atoms with Crippen LogP contribution in [-0.2, 0) is 35.5 Å². The lowest BCUT2D eigenvalue weighted by Gasteiger charge is -2.28. The average molecular weight is 719 g/mol. The van der Waals surface area contributed by atoms with Gasteiger partial charge in [-0.25, -0.2) is 0 Å². The number of hydrogen-bond acceptors (Lipinski definition) is 10. The van der Waals surface area contributed by atoms with E-state index in [2.05, 4.69) is 24.3 Å². The van der Waals surface area contributed by atoms with Gasteiger partial charge in [0.05, 0.1) is 76.7 Å². The highest BCUT2D eigenvalue weighted by Crippen LogP contribution is 2.33. The lowest BCUT2D eigenvalue weighted by Crippen LogP contribution is -2.25. The van der Waals surface area contributed by atoms with E-state index in [9.17, 15) is 0 Å². The highest BCUT2D eigenvalue weighted by atomic mass is 16.5. The Morgan fingerprint density at radius 1 is 0.365 bits per heavy atom. The molecule has 0 N–H and O–H groups in total. The first-order valence-corrected chi connectivity index (χ1v) is 17.4. The second-order valence-electron chi connectivity index (χ2n) is 12.5. The first kappa shape index (κ1) is 40.0. The zero-order valence-corrected chi connectivity index (χ0v) is 31.8. The van der Waals surface area contributed by atoms with Crippen LogP contribution in [0.2, 0.25) is 0 Å². The normalized spacial score (nSPS) is 12.1. The molecule has 10 heteroatoms. The number of rotatable bonds is 23. The van der Waals surface area contributed by atoms with Gasteiger partial charge in [0.15, 0.2) is 0 Å². The van der Waals surface area contributed by atoms with Gasteiger partial charge in [0.2, 0.25) is 0 Å². The molecule has 282 valence electrons. The van der Waals surface area contributed by atoms with Gasteiger partial charge >= 0.3 is 0 Å². The van der Waals surface area contributed by atoms with Gasteiger partial charge in [-0.3, -0.25) is 0 Å². The predicted molar refractivity (Wildman–Crippen MR) is 201 cm³/mol. The summed E-state index contributed by atoms with van der Waals surface area (Å²) in [6, 6.07) is 23.7. The highest BCUT2D eigenvalue weighted by molar-refractivity contribution is 5.41. The molecular formula is C42H54O10. The maximum Gasteiger partial charge on any atom is 0.122 e. The fourth-order valence-corrected chi connectivity index (χ4v) is 6.31. The Hall–Kier alpha value is -4.80. The topological polar surface area (TPSA) is 92.3 Å². The van der Waals surface area contributed by atoms with Crippen LogP contribution in [0.1, 0.15) is 35.1 Å². The van der Waals surface area contributed by atoms with Crippen molar-refractivity contribution in [2.24, 2.45) is 11.8 Å². The zero-order chi connectivity index (χ0) is 37.3. The Kier molecular flexibility index (Phi) is 16.1. The first-order chi connectivity index (χ1) is 25.3. The van der Waals surface area contributed by atoms with Crippen LogP contribution in [0.15, 0.2) is 72.8 Å². The van der Waals surface area contributed by atoms with Crippen molar-refractivity contribution in [1.29, 1.82) is 0 Å². The fourth-order valence-electron chi connectivity index (χ4n) is 6.31. The number of benzene rings is 4. The van der Waals surface area contributed by atoms with Crippen LogP contribution in [0, 0.1) is 11.8 Å². The predicted octanol–water partition coefficient (Wildman–Crippen LogP) is 7.99. The summed E-state index contributed by atoms with van der Waals surface area (Å²) in [5.74, 6) is 6.21. The maximum atomic E-state index is 6.53. The van der Waals surface area contributed by atoms with Crippen LogP contribution in [-0.4, -0.2) is 70.1 Å². The van der Waals surface area contributed by atoms with Gasteiger partial charge in [-0.2, -0.15) is 0 Å².